The minimum Gasteiger partial charge on any atom is -0.336 e. The summed E-state index contributed by atoms with van der Waals surface area (Å²) in [4.78, 5) is 56.9. The van der Waals surface area contributed by atoms with E-state index in [0.717, 1.165) is 6.07 Å². The largest absolute Gasteiger partial charge is 0.417 e. The number of alkyl halides is 3. The van der Waals surface area contributed by atoms with E-state index in [0.29, 0.717) is 23.5 Å². The minimum absolute atomic E-state index is 0.0638. The molecule has 1 aromatic heterocycles. The second-order valence-electron chi connectivity index (χ2n) is 11.1. The van der Waals surface area contributed by atoms with E-state index in [2.05, 4.69) is 27.0 Å². The van der Waals surface area contributed by atoms with Gasteiger partial charge in [0.15, 0.2) is 0 Å². The van der Waals surface area contributed by atoms with Gasteiger partial charge in [0.25, 0.3) is 0 Å². The van der Waals surface area contributed by atoms with Gasteiger partial charge in [-0.3, -0.25) is 19.2 Å². The summed E-state index contributed by atoms with van der Waals surface area (Å²) in [6.45, 7) is 5.36. The molecular formula is C27H27F3N6O4. The summed E-state index contributed by atoms with van der Waals surface area (Å²) in [5.74, 6) is -3.70. The van der Waals surface area contributed by atoms with Gasteiger partial charge in [-0.05, 0) is 35.6 Å². The van der Waals surface area contributed by atoms with Crippen LogP contribution in [0, 0.1) is 16.7 Å². The number of halogens is 3. The van der Waals surface area contributed by atoms with Gasteiger partial charge in [0, 0.05) is 24.8 Å². The molecule has 3 heterocycles. The van der Waals surface area contributed by atoms with Crippen LogP contribution in [-0.4, -0.2) is 52.1 Å². The van der Waals surface area contributed by atoms with Gasteiger partial charge in [-0.2, -0.15) is 18.4 Å². The van der Waals surface area contributed by atoms with Crippen LogP contribution in [0.3, 0.4) is 0 Å². The first kappa shape index (κ1) is 28.5. The Hall–Kier alpha value is -4.47. The van der Waals surface area contributed by atoms with Crippen molar-refractivity contribution in [1.29, 1.82) is 5.26 Å². The van der Waals surface area contributed by atoms with Crippen LogP contribution in [0.5, 0.6) is 0 Å². The van der Waals surface area contributed by atoms with Crippen molar-refractivity contribution in [2.24, 2.45) is 5.41 Å². The van der Waals surface area contributed by atoms with E-state index in [-0.39, 0.29) is 31.1 Å². The number of aromatic nitrogens is 1. The number of anilines is 2. The molecule has 3 atom stereocenters. The number of carbonyl (C=O) groups excluding carboxylic acids is 4. The van der Waals surface area contributed by atoms with Crippen molar-refractivity contribution in [3.8, 4) is 6.07 Å². The molecule has 3 N–H and O–H groups in total. The number of nitrogens with zero attached hydrogens (tertiary/aromatic N) is 3. The van der Waals surface area contributed by atoms with Crippen molar-refractivity contribution >= 4 is 35.1 Å². The molecule has 2 aromatic rings. The number of para-hydroxylation sites is 1. The predicted octanol–water partition coefficient (Wildman–Crippen LogP) is 2.97. The lowest BCUT2D eigenvalue weighted by Gasteiger charge is -2.31. The van der Waals surface area contributed by atoms with Gasteiger partial charge >= 0.3 is 18.0 Å². The number of fused-ring (bicyclic) bond motifs is 2. The van der Waals surface area contributed by atoms with Crippen LogP contribution in [0.25, 0.3) is 0 Å². The number of likely N-dealkylation sites (tertiary alicyclic amines) is 1. The molecule has 1 saturated heterocycles. The molecule has 0 unspecified atom stereocenters. The van der Waals surface area contributed by atoms with Crippen molar-refractivity contribution in [3.05, 3.63) is 53.7 Å². The maximum absolute atomic E-state index is 13.8. The minimum atomic E-state index is -4.62. The monoisotopic (exact) mass is 556 g/mol. The number of benzene rings is 1. The summed E-state index contributed by atoms with van der Waals surface area (Å²) in [6.07, 6.45) is -3.95. The molecule has 10 nitrogen and oxygen atoms in total. The smallest absolute Gasteiger partial charge is 0.336 e. The van der Waals surface area contributed by atoms with Crippen molar-refractivity contribution in [2.45, 2.75) is 57.3 Å². The highest BCUT2D eigenvalue weighted by Gasteiger charge is 2.56. The molecule has 2 aliphatic rings. The highest BCUT2D eigenvalue weighted by Crippen LogP contribution is 2.46. The van der Waals surface area contributed by atoms with Crippen molar-refractivity contribution in [2.75, 3.05) is 17.2 Å². The topological polar surface area (TPSA) is 144 Å². The Morgan fingerprint density at radius 1 is 1.18 bits per heavy atom. The van der Waals surface area contributed by atoms with E-state index in [1.807, 2.05) is 20.8 Å². The molecular weight excluding hydrogens is 529 g/mol. The molecule has 40 heavy (non-hydrogen) atoms. The Balaban J connectivity index is 1.53. The fourth-order valence-electron chi connectivity index (χ4n) is 5.03. The van der Waals surface area contributed by atoms with Gasteiger partial charge < -0.3 is 20.9 Å². The number of nitriles is 1. The Labute approximate surface area is 227 Å². The van der Waals surface area contributed by atoms with Crippen LogP contribution < -0.4 is 16.0 Å². The van der Waals surface area contributed by atoms with E-state index in [1.165, 1.54) is 4.90 Å². The zero-order valence-electron chi connectivity index (χ0n) is 21.9. The molecule has 0 aliphatic carbocycles. The Morgan fingerprint density at radius 2 is 1.88 bits per heavy atom. The zero-order chi connectivity index (χ0) is 29.5. The molecule has 0 saturated carbocycles. The quantitative estimate of drug-likeness (QED) is 0.494. The summed E-state index contributed by atoms with van der Waals surface area (Å²) in [5, 5.41) is 17.2. The summed E-state index contributed by atoms with van der Waals surface area (Å²) < 4.78 is 38.3. The summed E-state index contributed by atoms with van der Waals surface area (Å²) in [5.41, 5.74) is -1.38. The Kier molecular flexibility index (Phi) is 7.32. The second-order valence-corrected chi connectivity index (χ2v) is 11.1. The van der Waals surface area contributed by atoms with Gasteiger partial charge in [-0.15, -0.1) is 0 Å². The van der Waals surface area contributed by atoms with Gasteiger partial charge in [0.1, 0.15) is 17.9 Å². The standard InChI is InChI=1S/C27H27F3N6O4/c1-25(2,3)11-19(33-21(37)22(38)35-20-9-8-15(13-32-20)27(28,29)30)23(39)36-14-26(10-16(36)12-31)17-6-4-5-7-18(17)34-24(26)40/h4-9,13,16,19H,10-11,14H2,1-3H3,(H,33,37)(H,34,40)(H,32,35,38)/t16-,19-,26-/m0/s1. The van der Waals surface area contributed by atoms with Crippen LogP contribution in [0.4, 0.5) is 24.7 Å². The fourth-order valence-corrected chi connectivity index (χ4v) is 5.03. The maximum Gasteiger partial charge on any atom is 0.417 e. The highest BCUT2D eigenvalue weighted by molar-refractivity contribution is 6.39. The second kappa shape index (κ2) is 10.3. The van der Waals surface area contributed by atoms with Crippen molar-refractivity contribution in [3.63, 3.8) is 0 Å². The lowest BCUT2D eigenvalue weighted by Crippen LogP contribution is -2.53. The normalized spacial score (nSPS) is 20.9. The molecule has 1 spiro atoms. The summed E-state index contributed by atoms with van der Waals surface area (Å²) >= 11 is 0. The Bertz CT molecular complexity index is 1400. The first-order valence-electron chi connectivity index (χ1n) is 12.4. The molecule has 210 valence electrons. The molecule has 13 heteroatoms. The molecule has 2 aliphatic heterocycles. The number of hydrogen-bond donors (Lipinski definition) is 3. The van der Waals surface area contributed by atoms with Crippen molar-refractivity contribution < 1.29 is 32.3 Å². The molecule has 4 amide bonds. The average molecular weight is 557 g/mol. The third-order valence-electron chi connectivity index (χ3n) is 6.87. The van der Waals surface area contributed by atoms with Crippen LogP contribution in [0.1, 0.15) is 44.7 Å². The number of amides is 4. The molecule has 4 rings (SSSR count). The van der Waals surface area contributed by atoms with Crippen molar-refractivity contribution in [1.82, 2.24) is 15.2 Å². The number of pyridine rings is 1. The third kappa shape index (κ3) is 5.61. The molecule has 1 aromatic carbocycles. The van der Waals surface area contributed by atoms with Gasteiger partial charge in [-0.25, -0.2) is 4.98 Å². The average Bonchev–Trinajstić information content (AvgIpc) is 3.40. The summed E-state index contributed by atoms with van der Waals surface area (Å²) in [6, 6.07) is 8.52. The maximum atomic E-state index is 13.8. The van der Waals surface area contributed by atoms with Crippen LogP contribution in [0.15, 0.2) is 42.6 Å². The first-order chi connectivity index (χ1) is 18.6. The van der Waals surface area contributed by atoms with Crippen LogP contribution >= 0.6 is 0 Å². The predicted molar refractivity (Wildman–Crippen MR) is 136 cm³/mol. The lowest BCUT2D eigenvalue weighted by atomic mass is 9.80. The van der Waals surface area contributed by atoms with Gasteiger partial charge in [0.2, 0.25) is 11.8 Å². The van der Waals surface area contributed by atoms with E-state index in [9.17, 15) is 37.6 Å². The number of rotatable bonds is 4. The van der Waals surface area contributed by atoms with E-state index in [1.54, 1.807) is 24.3 Å². The number of nitrogens with one attached hydrogen (secondary N) is 3. The Morgan fingerprint density at radius 3 is 2.48 bits per heavy atom. The summed E-state index contributed by atoms with van der Waals surface area (Å²) in [7, 11) is 0. The van der Waals surface area contributed by atoms with Crippen LogP contribution in [0.2, 0.25) is 0 Å². The van der Waals surface area contributed by atoms with E-state index in [4.69, 9.17) is 0 Å². The number of carbonyl (C=O) groups is 4. The van der Waals surface area contributed by atoms with Gasteiger partial charge in [-0.1, -0.05) is 39.0 Å². The molecule has 0 bridgehead atoms. The molecule has 1 fully saturated rings. The lowest BCUT2D eigenvalue weighted by molar-refractivity contribution is -0.141. The zero-order valence-corrected chi connectivity index (χ0v) is 21.9. The third-order valence-corrected chi connectivity index (χ3v) is 6.87. The highest BCUT2D eigenvalue weighted by atomic mass is 19.4. The SMILES string of the molecule is CC(C)(C)C[C@H](NC(=O)C(=O)Nc1ccc(C(F)(F)F)cn1)C(=O)N1C[C@]2(C[C@H]1C#N)C(=O)Nc1ccccc12. The van der Waals surface area contributed by atoms with E-state index < -0.39 is 52.4 Å². The van der Waals surface area contributed by atoms with Crippen LogP contribution in [-0.2, 0) is 30.8 Å². The molecule has 0 radical (unpaired) electrons. The fraction of sp³-hybridized carbons (Fsp3) is 0.407. The first-order valence-corrected chi connectivity index (χ1v) is 12.4. The van der Waals surface area contributed by atoms with Gasteiger partial charge in [0.05, 0.1) is 17.0 Å². The number of hydrogen-bond acceptors (Lipinski definition) is 6. The van der Waals surface area contributed by atoms with E-state index >= 15 is 0 Å².